The van der Waals surface area contributed by atoms with Crippen LogP contribution in [0.15, 0.2) is 91.2 Å². The Morgan fingerprint density at radius 1 is 1.03 bits per heavy atom. The van der Waals surface area contributed by atoms with E-state index in [1.165, 1.54) is 6.07 Å². The van der Waals surface area contributed by atoms with E-state index in [-0.39, 0.29) is 5.56 Å². The Hall–Kier alpha value is -3.23. The number of carbonyl (C=O) groups is 1. The Labute approximate surface area is 192 Å². The molecule has 152 valence electrons. The first-order valence-electron chi connectivity index (χ1n) is 9.27. The van der Waals surface area contributed by atoms with Crippen LogP contribution in [0.25, 0.3) is 27.9 Å². The molecule has 0 aliphatic rings. The van der Waals surface area contributed by atoms with Crippen LogP contribution in [-0.4, -0.2) is 15.3 Å². The normalized spacial score (nSPS) is 11.2. The number of halogens is 2. The van der Waals surface area contributed by atoms with Crippen LogP contribution in [0.3, 0.4) is 0 Å². The van der Waals surface area contributed by atoms with Crippen LogP contribution in [-0.2, 0) is 0 Å². The summed E-state index contributed by atoms with van der Waals surface area (Å²) < 4.78 is 8.72. The topological polar surface area (TPSA) is 76.6 Å². The minimum atomic E-state index is -0.710. The van der Waals surface area contributed by atoms with Crippen LogP contribution in [0.4, 0.5) is 5.69 Å². The van der Waals surface area contributed by atoms with Crippen LogP contribution in [0.1, 0.15) is 10.4 Å². The van der Waals surface area contributed by atoms with Gasteiger partial charge in [-0.1, -0.05) is 40.2 Å². The zero-order valence-corrected chi connectivity index (χ0v) is 19.0. The molecule has 0 aliphatic heterocycles. The first-order valence-corrected chi connectivity index (χ1v) is 10.9. The number of amides is 1. The fourth-order valence-electron chi connectivity index (χ4n) is 3.39. The number of pyridine rings is 1. The third-order valence-electron chi connectivity index (χ3n) is 4.81. The van der Waals surface area contributed by atoms with E-state index in [0.29, 0.717) is 26.8 Å². The molecular weight excluding hydrogens is 526 g/mol. The Morgan fingerprint density at radius 3 is 2.68 bits per heavy atom. The number of fused-ring (bicyclic) bond motifs is 2. The smallest absolute Gasteiger partial charge is 0.349 e. The van der Waals surface area contributed by atoms with Crippen LogP contribution in [0, 0.1) is 0 Å². The lowest BCUT2D eigenvalue weighted by Gasteiger charge is -2.10. The molecule has 0 aliphatic carbocycles. The number of benzene rings is 2. The largest absolute Gasteiger partial charge is 0.421 e. The van der Waals surface area contributed by atoms with Gasteiger partial charge >= 0.3 is 5.63 Å². The van der Waals surface area contributed by atoms with E-state index in [0.717, 1.165) is 15.7 Å². The molecule has 0 saturated carbocycles. The summed E-state index contributed by atoms with van der Waals surface area (Å²) in [5.41, 5.74) is 2.39. The van der Waals surface area contributed by atoms with Gasteiger partial charge in [-0.15, -0.1) is 0 Å². The maximum absolute atomic E-state index is 13.0. The maximum atomic E-state index is 13.0. The average Bonchev–Trinajstić information content (AvgIpc) is 3.18. The van der Waals surface area contributed by atoms with Gasteiger partial charge < -0.3 is 14.1 Å². The molecule has 0 spiro atoms. The minimum absolute atomic E-state index is 0.0812. The summed E-state index contributed by atoms with van der Waals surface area (Å²) in [6.07, 6.45) is 3.79. The van der Waals surface area contributed by atoms with Crippen molar-refractivity contribution in [1.29, 1.82) is 0 Å². The molecule has 0 saturated heterocycles. The molecule has 31 heavy (non-hydrogen) atoms. The number of nitrogens with zero attached hydrogens (tertiary/aromatic N) is 2. The number of nitrogens with one attached hydrogen (secondary N) is 1. The summed E-state index contributed by atoms with van der Waals surface area (Å²) in [4.78, 5) is 30.1. The second-order valence-electron chi connectivity index (χ2n) is 6.85. The molecule has 5 aromatic rings. The standard InChI is InChI=1S/C23H13Br2N3O3/c24-14-9-13-10-16(23(30)31-21(13)17(25)11-14)22(29)27-18-6-2-1-5-15(18)19-12-28-8-4-3-7-20(28)26-19/h1-12H,(H,27,29). The predicted molar refractivity (Wildman–Crippen MR) is 126 cm³/mol. The molecular formula is C23H13Br2N3O3. The highest BCUT2D eigenvalue weighted by Gasteiger charge is 2.18. The van der Waals surface area contributed by atoms with Crippen molar-refractivity contribution in [2.24, 2.45) is 0 Å². The van der Waals surface area contributed by atoms with Crippen molar-refractivity contribution in [3.63, 3.8) is 0 Å². The van der Waals surface area contributed by atoms with Crippen LogP contribution < -0.4 is 10.9 Å². The maximum Gasteiger partial charge on any atom is 0.349 e. The molecule has 1 amide bonds. The van der Waals surface area contributed by atoms with E-state index >= 15 is 0 Å². The molecule has 8 heteroatoms. The van der Waals surface area contributed by atoms with Crippen LogP contribution in [0.5, 0.6) is 0 Å². The van der Waals surface area contributed by atoms with Crippen molar-refractivity contribution in [2.75, 3.05) is 5.32 Å². The molecule has 0 bridgehead atoms. The van der Waals surface area contributed by atoms with E-state index in [4.69, 9.17) is 4.42 Å². The quantitative estimate of drug-likeness (QED) is 0.291. The fraction of sp³-hybridized carbons (Fsp3) is 0. The van der Waals surface area contributed by atoms with Crippen LogP contribution in [0.2, 0.25) is 0 Å². The molecule has 0 fully saturated rings. The van der Waals surface area contributed by atoms with Crippen molar-refractivity contribution in [2.45, 2.75) is 0 Å². The molecule has 3 heterocycles. The first-order chi connectivity index (χ1) is 15.0. The molecule has 1 N–H and O–H groups in total. The lowest BCUT2D eigenvalue weighted by atomic mass is 10.1. The number of hydrogen-bond acceptors (Lipinski definition) is 4. The molecule has 5 rings (SSSR count). The van der Waals surface area contributed by atoms with E-state index in [1.807, 2.05) is 53.2 Å². The SMILES string of the molecule is O=C(Nc1ccccc1-c1cn2ccccc2n1)c1cc2cc(Br)cc(Br)c2oc1=O. The molecule has 0 radical (unpaired) electrons. The van der Waals surface area contributed by atoms with Crippen molar-refractivity contribution >= 4 is 60.1 Å². The lowest BCUT2D eigenvalue weighted by molar-refractivity contribution is 0.102. The number of hydrogen-bond donors (Lipinski definition) is 1. The number of anilines is 1. The predicted octanol–water partition coefficient (Wildman–Crippen LogP) is 5.89. The van der Waals surface area contributed by atoms with Gasteiger partial charge in [-0.3, -0.25) is 4.79 Å². The number of aromatic nitrogens is 2. The third kappa shape index (κ3) is 3.68. The van der Waals surface area contributed by atoms with Crippen molar-refractivity contribution in [3.8, 4) is 11.3 Å². The zero-order chi connectivity index (χ0) is 21.5. The monoisotopic (exact) mass is 537 g/mol. The lowest BCUT2D eigenvalue weighted by Crippen LogP contribution is -2.21. The second kappa shape index (κ2) is 7.79. The molecule has 6 nitrogen and oxygen atoms in total. The van der Waals surface area contributed by atoms with Gasteiger partial charge in [0.1, 0.15) is 11.2 Å². The highest BCUT2D eigenvalue weighted by atomic mass is 79.9. The van der Waals surface area contributed by atoms with E-state index in [9.17, 15) is 9.59 Å². The van der Waals surface area contributed by atoms with E-state index in [2.05, 4.69) is 42.2 Å². The summed E-state index contributed by atoms with van der Waals surface area (Å²) in [5.74, 6) is -0.553. The Kier molecular flexibility index (Phi) is 4.95. The average molecular weight is 539 g/mol. The summed E-state index contributed by atoms with van der Waals surface area (Å²) in [6.45, 7) is 0. The van der Waals surface area contributed by atoms with Gasteiger partial charge in [0.05, 0.1) is 15.9 Å². The summed E-state index contributed by atoms with van der Waals surface area (Å²) >= 11 is 6.78. The zero-order valence-electron chi connectivity index (χ0n) is 15.8. The number of para-hydroxylation sites is 1. The highest BCUT2D eigenvalue weighted by molar-refractivity contribution is 9.11. The van der Waals surface area contributed by atoms with Gasteiger partial charge in [-0.05, 0) is 52.3 Å². The Balaban J connectivity index is 1.54. The van der Waals surface area contributed by atoms with E-state index < -0.39 is 11.5 Å². The molecule has 3 aromatic heterocycles. The van der Waals surface area contributed by atoms with Gasteiger partial charge in [0.2, 0.25) is 0 Å². The molecule has 0 unspecified atom stereocenters. The number of rotatable bonds is 3. The summed E-state index contributed by atoms with van der Waals surface area (Å²) in [5, 5.41) is 3.46. The van der Waals surface area contributed by atoms with Crippen molar-refractivity contribution in [3.05, 3.63) is 98.0 Å². The fourth-order valence-corrected chi connectivity index (χ4v) is 4.72. The van der Waals surface area contributed by atoms with Crippen molar-refractivity contribution < 1.29 is 9.21 Å². The summed E-state index contributed by atoms with van der Waals surface area (Å²) in [6, 6.07) is 18.1. The van der Waals surface area contributed by atoms with Gasteiger partial charge in [0.25, 0.3) is 5.91 Å². The molecule has 0 atom stereocenters. The van der Waals surface area contributed by atoms with Gasteiger partial charge in [0, 0.05) is 27.8 Å². The molecule has 2 aromatic carbocycles. The Bertz CT molecular complexity index is 1510. The van der Waals surface area contributed by atoms with E-state index in [1.54, 1.807) is 18.2 Å². The number of carbonyl (C=O) groups excluding carboxylic acids is 1. The van der Waals surface area contributed by atoms with Gasteiger partial charge in [-0.25, -0.2) is 9.78 Å². The Morgan fingerprint density at radius 2 is 1.84 bits per heavy atom. The second-order valence-corrected chi connectivity index (χ2v) is 8.62. The van der Waals surface area contributed by atoms with Gasteiger partial charge in [0.15, 0.2) is 5.58 Å². The first kappa shape index (κ1) is 19.7. The minimum Gasteiger partial charge on any atom is -0.421 e. The van der Waals surface area contributed by atoms with Gasteiger partial charge in [-0.2, -0.15) is 0 Å². The van der Waals surface area contributed by atoms with Crippen LogP contribution >= 0.6 is 31.9 Å². The summed E-state index contributed by atoms with van der Waals surface area (Å²) in [7, 11) is 0. The highest BCUT2D eigenvalue weighted by Crippen LogP contribution is 2.30. The van der Waals surface area contributed by atoms with Crippen molar-refractivity contribution in [1.82, 2.24) is 9.38 Å². The number of imidazole rings is 1. The third-order valence-corrected chi connectivity index (χ3v) is 5.86.